The van der Waals surface area contributed by atoms with Crippen molar-refractivity contribution in [3.8, 4) is 5.69 Å². The maximum atomic E-state index is 13.5. The fourth-order valence-electron chi connectivity index (χ4n) is 1.37. The summed E-state index contributed by atoms with van der Waals surface area (Å²) in [5, 5.41) is 12.3. The molecule has 4 nitrogen and oxygen atoms in total. The van der Waals surface area contributed by atoms with Gasteiger partial charge in [0.05, 0.1) is 6.20 Å². The highest BCUT2D eigenvalue weighted by Gasteiger charge is 2.21. The van der Waals surface area contributed by atoms with Crippen LogP contribution in [-0.4, -0.2) is 20.9 Å². The smallest absolute Gasteiger partial charge is 0.340 e. The fourth-order valence-corrected chi connectivity index (χ4v) is 1.91. The van der Waals surface area contributed by atoms with Crippen LogP contribution in [0.25, 0.3) is 5.69 Å². The van der Waals surface area contributed by atoms with Crippen LogP contribution in [0.4, 0.5) is 13.2 Å². The van der Waals surface area contributed by atoms with Crippen molar-refractivity contribution in [2.24, 2.45) is 0 Å². The van der Waals surface area contributed by atoms with E-state index in [1.54, 1.807) is 0 Å². The Bertz CT molecular complexity index is 619. The first kappa shape index (κ1) is 12.6. The van der Waals surface area contributed by atoms with Crippen molar-refractivity contribution in [2.75, 3.05) is 0 Å². The Morgan fingerprint density at radius 3 is 2.28 bits per heavy atom. The van der Waals surface area contributed by atoms with Gasteiger partial charge in [-0.05, 0) is 15.9 Å². The number of benzene rings is 1. The summed E-state index contributed by atoms with van der Waals surface area (Å²) in [6.45, 7) is 0. The minimum Gasteiger partial charge on any atom is -0.478 e. The van der Waals surface area contributed by atoms with Gasteiger partial charge in [0.1, 0.15) is 21.7 Å². The van der Waals surface area contributed by atoms with Crippen LogP contribution in [0.2, 0.25) is 0 Å². The molecule has 0 aliphatic rings. The minimum absolute atomic E-state index is 0.139. The molecule has 0 atom stereocenters. The molecule has 2 aromatic rings. The zero-order valence-electron chi connectivity index (χ0n) is 8.49. The van der Waals surface area contributed by atoms with Crippen LogP contribution >= 0.6 is 15.9 Å². The van der Waals surface area contributed by atoms with E-state index in [1.165, 1.54) is 0 Å². The molecule has 1 heterocycles. The fraction of sp³-hybridized carbons (Fsp3) is 0. The number of aromatic nitrogens is 2. The average molecular weight is 321 g/mol. The lowest BCUT2D eigenvalue weighted by molar-refractivity contribution is 0.0696. The summed E-state index contributed by atoms with van der Waals surface area (Å²) in [7, 11) is 0. The quantitative estimate of drug-likeness (QED) is 0.925. The van der Waals surface area contributed by atoms with Crippen molar-refractivity contribution in [3.05, 3.63) is 45.9 Å². The van der Waals surface area contributed by atoms with Gasteiger partial charge in [-0.3, -0.25) is 0 Å². The summed E-state index contributed by atoms with van der Waals surface area (Å²) >= 11 is 2.87. The summed E-state index contributed by atoms with van der Waals surface area (Å²) < 4.78 is 40.3. The number of carboxylic acid groups (broad SMARTS) is 1. The molecule has 0 bridgehead atoms. The Morgan fingerprint density at radius 1 is 1.28 bits per heavy atom. The molecule has 0 amide bonds. The van der Waals surface area contributed by atoms with E-state index in [0.29, 0.717) is 16.8 Å². The van der Waals surface area contributed by atoms with Gasteiger partial charge < -0.3 is 5.11 Å². The lowest BCUT2D eigenvalue weighted by Crippen LogP contribution is -2.05. The minimum atomic E-state index is -1.31. The molecule has 0 radical (unpaired) electrons. The van der Waals surface area contributed by atoms with E-state index in [-0.39, 0.29) is 10.2 Å². The van der Waals surface area contributed by atoms with E-state index in [4.69, 9.17) is 5.11 Å². The predicted molar refractivity (Wildman–Crippen MR) is 58.1 cm³/mol. The molecule has 1 aromatic carbocycles. The SMILES string of the molecule is O=C(O)c1cnn(-c2c(F)cc(F)cc2F)c1Br. The van der Waals surface area contributed by atoms with E-state index < -0.39 is 29.1 Å². The first-order valence-corrected chi connectivity index (χ1v) is 5.33. The zero-order chi connectivity index (χ0) is 13.4. The Morgan fingerprint density at radius 2 is 1.83 bits per heavy atom. The monoisotopic (exact) mass is 320 g/mol. The third-order valence-electron chi connectivity index (χ3n) is 2.13. The molecule has 18 heavy (non-hydrogen) atoms. The Balaban J connectivity index is 2.67. The summed E-state index contributed by atoms with van der Waals surface area (Å²) in [5.74, 6) is -4.76. The number of hydrogen-bond donors (Lipinski definition) is 1. The first-order chi connectivity index (χ1) is 8.41. The molecule has 0 spiro atoms. The number of carbonyl (C=O) groups is 1. The van der Waals surface area contributed by atoms with E-state index in [1.807, 2.05) is 0 Å². The molecule has 0 saturated carbocycles. The molecular formula is C10H4BrF3N2O2. The van der Waals surface area contributed by atoms with Crippen molar-refractivity contribution in [1.82, 2.24) is 9.78 Å². The second kappa shape index (κ2) is 4.45. The molecule has 0 aliphatic heterocycles. The van der Waals surface area contributed by atoms with Gasteiger partial charge in [0.25, 0.3) is 0 Å². The standard InChI is InChI=1S/C10H4BrF3N2O2/c11-9-5(10(17)18)3-15-16(9)8-6(13)1-4(12)2-7(8)14/h1-3H,(H,17,18). The van der Waals surface area contributed by atoms with Crippen molar-refractivity contribution in [2.45, 2.75) is 0 Å². The Hall–Kier alpha value is -1.83. The van der Waals surface area contributed by atoms with Crippen molar-refractivity contribution >= 4 is 21.9 Å². The lowest BCUT2D eigenvalue weighted by Gasteiger charge is -2.06. The number of nitrogens with zero attached hydrogens (tertiary/aromatic N) is 2. The van der Waals surface area contributed by atoms with Gasteiger partial charge in [0.2, 0.25) is 0 Å². The van der Waals surface area contributed by atoms with Crippen LogP contribution < -0.4 is 0 Å². The van der Waals surface area contributed by atoms with Crippen molar-refractivity contribution < 1.29 is 23.1 Å². The summed E-state index contributed by atoms with van der Waals surface area (Å²) in [5.41, 5.74) is -0.922. The van der Waals surface area contributed by atoms with Gasteiger partial charge in [-0.1, -0.05) is 0 Å². The molecule has 8 heteroatoms. The van der Waals surface area contributed by atoms with Crippen LogP contribution in [0.3, 0.4) is 0 Å². The molecule has 0 fully saturated rings. The number of rotatable bonds is 2. The van der Waals surface area contributed by atoms with Crippen LogP contribution in [0, 0.1) is 17.5 Å². The Labute approximate surface area is 107 Å². The molecule has 1 N–H and O–H groups in total. The molecule has 94 valence electrons. The van der Waals surface area contributed by atoms with E-state index in [9.17, 15) is 18.0 Å². The van der Waals surface area contributed by atoms with Crippen molar-refractivity contribution in [3.63, 3.8) is 0 Å². The maximum Gasteiger partial charge on any atom is 0.340 e. The van der Waals surface area contributed by atoms with Gasteiger partial charge in [-0.15, -0.1) is 0 Å². The third-order valence-corrected chi connectivity index (χ3v) is 2.90. The van der Waals surface area contributed by atoms with E-state index in [0.717, 1.165) is 6.20 Å². The van der Waals surface area contributed by atoms with Gasteiger partial charge in [-0.2, -0.15) is 5.10 Å². The second-order valence-corrected chi connectivity index (χ2v) is 4.04. The molecular weight excluding hydrogens is 317 g/mol. The third kappa shape index (κ3) is 1.99. The highest BCUT2D eigenvalue weighted by Crippen LogP contribution is 2.25. The normalized spacial score (nSPS) is 10.7. The highest BCUT2D eigenvalue weighted by molar-refractivity contribution is 9.10. The van der Waals surface area contributed by atoms with Gasteiger partial charge >= 0.3 is 5.97 Å². The summed E-state index contributed by atoms with van der Waals surface area (Å²) in [4.78, 5) is 10.8. The van der Waals surface area contributed by atoms with Crippen LogP contribution in [0.5, 0.6) is 0 Å². The van der Waals surface area contributed by atoms with Gasteiger partial charge in [0, 0.05) is 12.1 Å². The van der Waals surface area contributed by atoms with Gasteiger partial charge in [-0.25, -0.2) is 22.6 Å². The second-order valence-electron chi connectivity index (χ2n) is 3.28. The van der Waals surface area contributed by atoms with E-state index in [2.05, 4.69) is 21.0 Å². The lowest BCUT2D eigenvalue weighted by atomic mass is 10.3. The summed E-state index contributed by atoms with van der Waals surface area (Å²) in [6, 6.07) is 0.958. The van der Waals surface area contributed by atoms with E-state index >= 15 is 0 Å². The number of halogens is 4. The van der Waals surface area contributed by atoms with Crippen molar-refractivity contribution in [1.29, 1.82) is 0 Å². The number of aromatic carboxylic acids is 1. The first-order valence-electron chi connectivity index (χ1n) is 4.53. The summed E-state index contributed by atoms with van der Waals surface area (Å²) in [6.07, 6.45) is 0.925. The molecule has 0 unspecified atom stereocenters. The number of hydrogen-bond acceptors (Lipinski definition) is 2. The largest absolute Gasteiger partial charge is 0.478 e. The van der Waals surface area contributed by atoms with Crippen LogP contribution in [0.1, 0.15) is 10.4 Å². The molecule has 2 rings (SSSR count). The Kier molecular flexibility index (Phi) is 3.12. The maximum absolute atomic E-state index is 13.5. The molecule has 1 aromatic heterocycles. The van der Waals surface area contributed by atoms with Crippen LogP contribution in [0.15, 0.2) is 22.9 Å². The van der Waals surface area contributed by atoms with Crippen LogP contribution in [-0.2, 0) is 0 Å². The topological polar surface area (TPSA) is 55.1 Å². The predicted octanol–water partition coefficient (Wildman–Crippen LogP) is 2.75. The van der Waals surface area contributed by atoms with Gasteiger partial charge in [0.15, 0.2) is 11.6 Å². The zero-order valence-corrected chi connectivity index (χ0v) is 10.1. The highest BCUT2D eigenvalue weighted by atomic mass is 79.9. The number of carboxylic acids is 1. The molecule has 0 aliphatic carbocycles. The molecule has 0 saturated heterocycles. The average Bonchev–Trinajstić information content (AvgIpc) is 2.59.